The van der Waals surface area contributed by atoms with E-state index in [2.05, 4.69) is 13.8 Å². The van der Waals surface area contributed by atoms with Crippen LogP contribution in [0.4, 0.5) is 0 Å². The van der Waals surface area contributed by atoms with Gasteiger partial charge in [-0.1, -0.05) is 20.3 Å². The molecule has 0 aromatic carbocycles. The minimum absolute atomic E-state index is 0.205. The summed E-state index contributed by atoms with van der Waals surface area (Å²) >= 11 is 0. The van der Waals surface area contributed by atoms with Gasteiger partial charge in [-0.05, 0) is 37.5 Å². The number of rotatable bonds is 2. The Bertz CT molecular complexity index is 271. The Kier molecular flexibility index (Phi) is 3.54. The fourth-order valence-corrected chi connectivity index (χ4v) is 3.85. The van der Waals surface area contributed by atoms with E-state index in [1.165, 1.54) is 6.42 Å². The zero-order valence-corrected chi connectivity index (χ0v) is 11.3. The lowest BCUT2D eigenvalue weighted by Gasteiger charge is -2.54. The second-order valence-electron chi connectivity index (χ2n) is 6.87. The molecule has 0 aromatic rings. The molecule has 1 heterocycles. The van der Waals surface area contributed by atoms with Crippen LogP contribution in [0, 0.1) is 10.8 Å². The van der Waals surface area contributed by atoms with Crippen molar-refractivity contribution in [2.75, 3.05) is 19.8 Å². The van der Waals surface area contributed by atoms with E-state index in [4.69, 9.17) is 10.5 Å². The van der Waals surface area contributed by atoms with Crippen molar-refractivity contribution in [1.29, 1.82) is 0 Å². The van der Waals surface area contributed by atoms with Crippen molar-refractivity contribution >= 4 is 0 Å². The third-order valence-corrected chi connectivity index (χ3v) is 4.92. The van der Waals surface area contributed by atoms with Crippen LogP contribution in [0.25, 0.3) is 0 Å². The highest BCUT2D eigenvalue weighted by Gasteiger charge is 2.53. The number of nitrogens with two attached hydrogens (primary N) is 1. The molecule has 17 heavy (non-hydrogen) atoms. The van der Waals surface area contributed by atoms with Crippen LogP contribution in [0.2, 0.25) is 0 Å². The molecule has 1 saturated heterocycles. The average molecular weight is 241 g/mol. The molecule has 2 fully saturated rings. The van der Waals surface area contributed by atoms with Crippen LogP contribution >= 0.6 is 0 Å². The van der Waals surface area contributed by atoms with Crippen LogP contribution in [0.15, 0.2) is 0 Å². The summed E-state index contributed by atoms with van der Waals surface area (Å²) in [6.45, 7) is 6.51. The molecule has 0 spiro atoms. The molecule has 3 nitrogen and oxygen atoms in total. The van der Waals surface area contributed by atoms with E-state index in [1.54, 1.807) is 0 Å². The van der Waals surface area contributed by atoms with Crippen LogP contribution in [0.1, 0.15) is 52.4 Å². The summed E-state index contributed by atoms with van der Waals surface area (Å²) in [5.41, 5.74) is 5.41. The highest BCUT2D eigenvalue weighted by atomic mass is 16.5. The first kappa shape index (κ1) is 13.3. The van der Waals surface area contributed by atoms with Gasteiger partial charge in [-0.3, -0.25) is 0 Å². The lowest BCUT2D eigenvalue weighted by atomic mass is 9.57. The van der Waals surface area contributed by atoms with E-state index >= 15 is 0 Å². The summed E-state index contributed by atoms with van der Waals surface area (Å²) < 4.78 is 5.62. The molecule has 0 radical (unpaired) electrons. The van der Waals surface area contributed by atoms with Gasteiger partial charge in [0.25, 0.3) is 0 Å². The maximum Gasteiger partial charge on any atom is 0.0743 e. The molecule has 1 aliphatic carbocycles. The summed E-state index contributed by atoms with van der Waals surface area (Å²) in [7, 11) is 0. The van der Waals surface area contributed by atoms with Crippen molar-refractivity contribution in [2.24, 2.45) is 16.6 Å². The van der Waals surface area contributed by atoms with Gasteiger partial charge in [0.2, 0.25) is 0 Å². The molecule has 0 aromatic heterocycles. The molecule has 3 heteroatoms. The predicted octanol–water partition coefficient (Wildman–Crippen LogP) is 2.07. The minimum atomic E-state index is -0.621. The van der Waals surface area contributed by atoms with Crippen molar-refractivity contribution in [3.05, 3.63) is 0 Å². The molecule has 100 valence electrons. The summed E-state index contributed by atoms with van der Waals surface area (Å²) in [6.07, 6.45) is 6.09. The third-order valence-electron chi connectivity index (χ3n) is 4.92. The molecule has 2 aliphatic rings. The van der Waals surface area contributed by atoms with Crippen molar-refractivity contribution in [3.8, 4) is 0 Å². The Morgan fingerprint density at radius 2 is 1.94 bits per heavy atom. The van der Waals surface area contributed by atoms with Crippen LogP contribution < -0.4 is 5.73 Å². The van der Waals surface area contributed by atoms with Crippen molar-refractivity contribution in [3.63, 3.8) is 0 Å². The predicted molar refractivity (Wildman–Crippen MR) is 68.7 cm³/mol. The van der Waals surface area contributed by atoms with Crippen molar-refractivity contribution < 1.29 is 9.84 Å². The van der Waals surface area contributed by atoms with E-state index < -0.39 is 5.60 Å². The Balaban J connectivity index is 2.22. The second kappa shape index (κ2) is 4.52. The van der Waals surface area contributed by atoms with Gasteiger partial charge in [-0.25, -0.2) is 0 Å². The molecular weight excluding hydrogens is 214 g/mol. The number of hydrogen-bond acceptors (Lipinski definition) is 3. The molecule has 2 atom stereocenters. The first-order valence-electron chi connectivity index (χ1n) is 6.93. The van der Waals surface area contributed by atoms with Gasteiger partial charge in [0.1, 0.15) is 0 Å². The Morgan fingerprint density at radius 3 is 2.47 bits per heavy atom. The molecule has 0 bridgehead atoms. The average Bonchev–Trinajstić information content (AvgIpc) is 2.28. The zero-order valence-electron chi connectivity index (χ0n) is 11.3. The third kappa shape index (κ3) is 2.38. The van der Waals surface area contributed by atoms with E-state index in [0.29, 0.717) is 13.2 Å². The van der Waals surface area contributed by atoms with Gasteiger partial charge in [0.15, 0.2) is 0 Å². The van der Waals surface area contributed by atoms with Crippen LogP contribution in [0.5, 0.6) is 0 Å². The summed E-state index contributed by atoms with van der Waals surface area (Å²) in [6, 6.07) is 0. The molecule has 2 rings (SSSR count). The molecule has 1 aliphatic heterocycles. The Labute approximate surface area is 105 Å². The van der Waals surface area contributed by atoms with E-state index in [-0.39, 0.29) is 10.8 Å². The summed E-state index contributed by atoms with van der Waals surface area (Å²) in [5, 5.41) is 11.1. The highest BCUT2D eigenvalue weighted by Crippen LogP contribution is 2.51. The second-order valence-corrected chi connectivity index (χ2v) is 6.87. The lowest BCUT2D eigenvalue weighted by Crippen LogP contribution is -2.59. The van der Waals surface area contributed by atoms with Gasteiger partial charge in [0, 0.05) is 18.6 Å². The van der Waals surface area contributed by atoms with Crippen LogP contribution in [0.3, 0.4) is 0 Å². The number of ether oxygens (including phenoxy) is 1. The number of aliphatic hydroxyl groups is 1. The first-order chi connectivity index (χ1) is 7.93. The van der Waals surface area contributed by atoms with E-state index in [1.807, 2.05) is 0 Å². The van der Waals surface area contributed by atoms with Gasteiger partial charge in [0.05, 0.1) is 12.2 Å². The normalized spacial score (nSPS) is 42.4. The molecule has 2 unspecified atom stereocenters. The SMILES string of the molecule is CC1(C)CCCC(O)(C2(CN)CCCOC2)C1. The smallest absolute Gasteiger partial charge is 0.0743 e. The van der Waals surface area contributed by atoms with Gasteiger partial charge in [-0.2, -0.15) is 0 Å². The molecule has 0 amide bonds. The van der Waals surface area contributed by atoms with Gasteiger partial charge >= 0.3 is 0 Å². The monoisotopic (exact) mass is 241 g/mol. The quantitative estimate of drug-likeness (QED) is 0.778. The molecule has 1 saturated carbocycles. The summed E-state index contributed by atoms with van der Waals surface area (Å²) in [5.74, 6) is 0. The topological polar surface area (TPSA) is 55.5 Å². The first-order valence-corrected chi connectivity index (χ1v) is 6.93. The fraction of sp³-hybridized carbons (Fsp3) is 1.00. The summed E-state index contributed by atoms with van der Waals surface area (Å²) in [4.78, 5) is 0. The van der Waals surface area contributed by atoms with Crippen molar-refractivity contribution in [2.45, 2.75) is 58.0 Å². The maximum atomic E-state index is 11.1. The van der Waals surface area contributed by atoms with Gasteiger partial charge in [-0.15, -0.1) is 0 Å². The largest absolute Gasteiger partial charge is 0.389 e. The zero-order chi connectivity index (χ0) is 12.6. The fourth-order valence-electron chi connectivity index (χ4n) is 3.85. The Morgan fingerprint density at radius 1 is 1.18 bits per heavy atom. The van der Waals surface area contributed by atoms with E-state index in [0.717, 1.165) is 38.7 Å². The van der Waals surface area contributed by atoms with Crippen LogP contribution in [-0.4, -0.2) is 30.5 Å². The van der Waals surface area contributed by atoms with Crippen LogP contribution in [-0.2, 0) is 4.74 Å². The molecular formula is C14H27NO2. The van der Waals surface area contributed by atoms with Crippen molar-refractivity contribution in [1.82, 2.24) is 0 Å². The van der Waals surface area contributed by atoms with E-state index in [9.17, 15) is 5.11 Å². The maximum absolute atomic E-state index is 11.1. The minimum Gasteiger partial charge on any atom is -0.389 e. The standard InChI is InChI=1S/C14H27NO2/c1-12(2)5-3-7-14(16,9-12)13(10-15)6-4-8-17-11-13/h16H,3-11,15H2,1-2H3. The molecule has 3 N–H and O–H groups in total. The Hall–Kier alpha value is -0.120. The highest BCUT2D eigenvalue weighted by molar-refractivity contribution is 5.05. The number of hydrogen-bond donors (Lipinski definition) is 2. The van der Waals surface area contributed by atoms with Gasteiger partial charge < -0.3 is 15.6 Å². The lowest BCUT2D eigenvalue weighted by molar-refractivity contribution is -0.175.